The van der Waals surface area contributed by atoms with Crippen molar-refractivity contribution in [2.45, 2.75) is 26.8 Å². The van der Waals surface area contributed by atoms with Gasteiger partial charge in [-0.3, -0.25) is 14.5 Å². The fraction of sp³-hybridized carbons (Fsp3) is 0.241. The monoisotopic (exact) mass is 540 g/mol. The minimum atomic E-state index is -1.17. The Morgan fingerprint density at radius 2 is 1.68 bits per heavy atom. The molecule has 1 aliphatic heterocycles. The number of hydrogen-bond donors (Lipinski definition) is 1. The van der Waals surface area contributed by atoms with Gasteiger partial charge in [0, 0.05) is 30.4 Å². The van der Waals surface area contributed by atoms with E-state index in [0.29, 0.717) is 23.3 Å². The van der Waals surface area contributed by atoms with Crippen LogP contribution in [0.5, 0.6) is 5.75 Å². The number of anilines is 2. The van der Waals surface area contributed by atoms with Gasteiger partial charge in [-0.05, 0) is 68.8 Å². The summed E-state index contributed by atoms with van der Waals surface area (Å²) in [5, 5.41) is 11.6. The number of halogens is 3. The van der Waals surface area contributed by atoms with Gasteiger partial charge in [0.05, 0.1) is 28.9 Å². The number of aliphatic hydroxyl groups excluding tert-OH is 1. The molecule has 4 rings (SSSR count). The normalized spacial score (nSPS) is 16.7. The predicted molar refractivity (Wildman–Crippen MR) is 144 cm³/mol. The lowest BCUT2D eigenvalue weighted by atomic mass is 9.94. The Bertz CT molecular complexity index is 1400. The van der Waals surface area contributed by atoms with Crippen molar-refractivity contribution in [3.63, 3.8) is 0 Å². The van der Waals surface area contributed by atoms with Crippen LogP contribution in [0.25, 0.3) is 5.76 Å². The van der Waals surface area contributed by atoms with Crippen LogP contribution in [0, 0.1) is 11.6 Å². The molecule has 1 saturated heterocycles. The number of carbonyl (C=O) groups is 2. The number of benzene rings is 3. The summed E-state index contributed by atoms with van der Waals surface area (Å²) < 4.78 is 34.1. The molecule has 6 nitrogen and oxygen atoms in total. The molecule has 1 amide bonds. The molecule has 3 aromatic rings. The minimum absolute atomic E-state index is 0.195. The number of ether oxygens (including phenoxy) is 1. The molecule has 0 spiro atoms. The van der Waals surface area contributed by atoms with Crippen LogP contribution in [0.4, 0.5) is 20.2 Å². The molecule has 1 heterocycles. The number of Topliss-reactive ketones (excluding diaryl/α,β-unsaturated/α-hetero) is 1. The van der Waals surface area contributed by atoms with Crippen LogP contribution in [-0.4, -0.2) is 36.5 Å². The van der Waals surface area contributed by atoms with Crippen molar-refractivity contribution in [1.29, 1.82) is 0 Å². The molecule has 198 valence electrons. The Labute approximate surface area is 224 Å². The smallest absolute Gasteiger partial charge is 0.300 e. The number of amides is 1. The van der Waals surface area contributed by atoms with Crippen LogP contribution in [0.2, 0.25) is 5.02 Å². The number of nitrogens with zero attached hydrogens (tertiary/aromatic N) is 2. The average molecular weight is 541 g/mol. The van der Waals surface area contributed by atoms with Crippen molar-refractivity contribution >= 4 is 40.4 Å². The Hall–Kier alpha value is -3.91. The van der Waals surface area contributed by atoms with Gasteiger partial charge < -0.3 is 14.7 Å². The van der Waals surface area contributed by atoms with Gasteiger partial charge in [-0.25, -0.2) is 8.78 Å². The Balaban J connectivity index is 1.93. The number of rotatable bonds is 8. The van der Waals surface area contributed by atoms with E-state index in [9.17, 15) is 23.5 Å². The molecular weight excluding hydrogens is 514 g/mol. The molecule has 1 fully saturated rings. The van der Waals surface area contributed by atoms with E-state index in [2.05, 4.69) is 4.90 Å². The SMILES string of the molecule is CCOc1cc(/C(O)=C2\C(=O)C(=O)N(c3ccc(F)cc3F)C2c2ccc(N(CC)CC)cc2)ccc1Cl. The zero-order valence-corrected chi connectivity index (χ0v) is 21.9. The molecule has 0 aromatic heterocycles. The van der Waals surface area contributed by atoms with Gasteiger partial charge in [0.25, 0.3) is 11.7 Å². The molecule has 9 heteroatoms. The molecule has 38 heavy (non-hydrogen) atoms. The lowest BCUT2D eigenvalue weighted by Crippen LogP contribution is -2.30. The fourth-order valence-electron chi connectivity index (χ4n) is 4.60. The first-order valence-corrected chi connectivity index (χ1v) is 12.6. The third kappa shape index (κ3) is 4.96. The lowest BCUT2D eigenvalue weighted by Gasteiger charge is -2.27. The second-order valence-corrected chi connectivity index (χ2v) is 9.01. The van der Waals surface area contributed by atoms with Gasteiger partial charge >= 0.3 is 0 Å². The van der Waals surface area contributed by atoms with Crippen molar-refractivity contribution in [3.8, 4) is 5.75 Å². The molecule has 3 aromatic carbocycles. The molecule has 1 N–H and O–H groups in total. The first kappa shape index (κ1) is 27.1. The molecule has 0 saturated carbocycles. The van der Waals surface area contributed by atoms with E-state index in [1.807, 2.05) is 26.0 Å². The van der Waals surface area contributed by atoms with Crippen LogP contribution in [0.3, 0.4) is 0 Å². The highest BCUT2D eigenvalue weighted by atomic mass is 35.5. The molecule has 1 aliphatic rings. The summed E-state index contributed by atoms with van der Waals surface area (Å²) in [7, 11) is 0. The van der Waals surface area contributed by atoms with E-state index in [-0.39, 0.29) is 22.6 Å². The second-order valence-electron chi connectivity index (χ2n) is 8.61. The quantitative estimate of drug-likeness (QED) is 0.201. The van der Waals surface area contributed by atoms with E-state index < -0.39 is 35.1 Å². The van der Waals surface area contributed by atoms with Gasteiger partial charge in [-0.15, -0.1) is 0 Å². The van der Waals surface area contributed by atoms with Gasteiger partial charge in [-0.1, -0.05) is 23.7 Å². The summed E-state index contributed by atoms with van der Waals surface area (Å²) in [6.07, 6.45) is 0. The fourth-order valence-corrected chi connectivity index (χ4v) is 4.77. The zero-order valence-electron chi connectivity index (χ0n) is 21.2. The summed E-state index contributed by atoms with van der Waals surface area (Å²) >= 11 is 6.19. The maximum absolute atomic E-state index is 14.9. The number of carbonyl (C=O) groups excluding carboxylic acids is 2. The number of hydrogen-bond acceptors (Lipinski definition) is 5. The van der Waals surface area contributed by atoms with Crippen LogP contribution >= 0.6 is 11.6 Å². The van der Waals surface area contributed by atoms with Gasteiger partial charge in [0.15, 0.2) is 0 Å². The molecule has 0 aliphatic carbocycles. The minimum Gasteiger partial charge on any atom is -0.507 e. The van der Waals surface area contributed by atoms with Crippen molar-refractivity contribution in [2.75, 3.05) is 29.5 Å². The maximum atomic E-state index is 14.9. The number of aliphatic hydroxyl groups is 1. The van der Waals surface area contributed by atoms with E-state index >= 15 is 0 Å². The summed E-state index contributed by atoms with van der Waals surface area (Å²) in [5.41, 5.74) is 1.06. The summed E-state index contributed by atoms with van der Waals surface area (Å²) in [5.74, 6) is -4.07. The van der Waals surface area contributed by atoms with Crippen LogP contribution in [0.1, 0.15) is 37.9 Å². The first-order chi connectivity index (χ1) is 18.2. The summed E-state index contributed by atoms with van der Waals surface area (Å²) in [4.78, 5) is 29.7. The predicted octanol–water partition coefficient (Wildman–Crippen LogP) is 6.49. The lowest BCUT2D eigenvalue weighted by molar-refractivity contribution is -0.132. The highest BCUT2D eigenvalue weighted by Gasteiger charge is 2.47. The van der Waals surface area contributed by atoms with Crippen molar-refractivity contribution < 1.29 is 28.2 Å². The third-order valence-corrected chi connectivity index (χ3v) is 6.77. The highest BCUT2D eigenvalue weighted by molar-refractivity contribution is 6.51. The third-order valence-electron chi connectivity index (χ3n) is 6.46. The Morgan fingerprint density at radius 3 is 2.29 bits per heavy atom. The Morgan fingerprint density at radius 1 is 1.00 bits per heavy atom. The van der Waals surface area contributed by atoms with E-state index in [0.717, 1.165) is 35.8 Å². The van der Waals surface area contributed by atoms with Crippen LogP contribution < -0.4 is 14.5 Å². The zero-order chi connectivity index (χ0) is 27.6. The van der Waals surface area contributed by atoms with Gasteiger partial charge in [-0.2, -0.15) is 0 Å². The van der Waals surface area contributed by atoms with Gasteiger partial charge in [0.2, 0.25) is 0 Å². The van der Waals surface area contributed by atoms with E-state index in [1.54, 1.807) is 19.1 Å². The van der Waals surface area contributed by atoms with Crippen molar-refractivity contribution in [2.24, 2.45) is 0 Å². The maximum Gasteiger partial charge on any atom is 0.300 e. The average Bonchev–Trinajstić information content (AvgIpc) is 3.16. The standard InChI is InChI=1S/C29H27ClF2N2O4/c1-4-33(5-2)20-11-7-17(8-12-20)26-25(27(35)18-9-13-21(30)24(15-18)38-6-3)28(36)29(37)34(26)23-14-10-19(31)16-22(23)32/h7-16,26,35H,4-6H2,1-3H3/b27-25+. The summed E-state index contributed by atoms with van der Waals surface area (Å²) in [6, 6.07) is 13.1. The topological polar surface area (TPSA) is 70.1 Å². The second kappa shape index (κ2) is 11.2. The van der Waals surface area contributed by atoms with Gasteiger partial charge in [0.1, 0.15) is 23.1 Å². The van der Waals surface area contributed by atoms with Crippen molar-refractivity contribution in [3.05, 3.63) is 94.0 Å². The number of ketones is 1. The molecule has 0 bridgehead atoms. The molecular formula is C29H27ClF2N2O4. The summed E-state index contributed by atoms with van der Waals surface area (Å²) in [6.45, 7) is 7.67. The molecule has 1 unspecified atom stereocenters. The highest BCUT2D eigenvalue weighted by Crippen LogP contribution is 2.44. The first-order valence-electron chi connectivity index (χ1n) is 12.2. The van der Waals surface area contributed by atoms with E-state index in [4.69, 9.17) is 16.3 Å². The van der Waals surface area contributed by atoms with E-state index in [1.165, 1.54) is 18.2 Å². The van der Waals surface area contributed by atoms with Crippen LogP contribution in [-0.2, 0) is 9.59 Å². The van der Waals surface area contributed by atoms with Crippen LogP contribution in [0.15, 0.2) is 66.2 Å². The molecule has 1 atom stereocenters. The Kier molecular flexibility index (Phi) is 8.02. The molecule has 0 radical (unpaired) electrons. The van der Waals surface area contributed by atoms with Crippen molar-refractivity contribution in [1.82, 2.24) is 0 Å². The largest absolute Gasteiger partial charge is 0.507 e.